The van der Waals surface area contributed by atoms with Crippen LogP contribution in [0, 0.1) is 5.41 Å². The average Bonchev–Trinajstić information content (AvgIpc) is 2.70. The van der Waals surface area contributed by atoms with Gasteiger partial charge in [0.15, 0.2) is 0 Å². The van der Waals surface area contributed by atoms with Crippen molar-refractivity contribution in [1.29, 1.82) is 5.41 Å². The van der Waals surface area contributed by atoms with Crippen LogP contribution >= 0.6 is 15.9 Å². The predicted molar refractivity (Wildman–Crippen MR) is 68.0 cm³/mol. The van der Waals surface area contributed by atoms with Crippen LogP contribution in [0.4, 0.5) is 0 Å². The van der Waals surface area contributed by atoms with Crippen molar-refractivity contribution in [2.75, 3.05) is 0 Å². The van der Waals surface area contributed by atoms with Gasteiger partial charge in [-0.2, -0.15) is 0 Å². The fourth-order valence-corrected chi connectivity index (χ4v) is 2.34. The van der Waals surface area contributed by atoms with Gasteiger partial charge in [-0.15, -0.1) is 0 Å². The van der Waals surface area contributed by atoms with E-state index in [0.717, 1.165) is 17.3 Å². The fraction of sp³-hybridized carbons (Fsp3) is 0.417. The first-order chi connectivity index (χ1) is 7.66. The number of nitrogens with one attached hydrogen (secondary N) is 1. The summed E-state index contributed by atoms with van der Waals surface area (Å²) in [5.74, 6) is 0.772. The molecule has 1 aromatic carbocycles. The van der Waals surface area contributed by atoms with Crippen LogP contribution in [0.15, 0.2) is 22.7 Å². The van der Waals surface area contributed by atoms with Crippen LogP contribution in [-0.4, -0.2) is 11.9 Å². The van der Waals surface area contributed by atoms with Crippen molar-refractivity contribution in [2.24, 2.45) is 5.73 Å². The molecule has 3 N–H and O–H groups in total. The SMILES string of the molecule is N=C(N)c1ccc(Br)cc1OC1CCCC1. The van der Waals surface area contributed by atoms with Gasteiger partial charge in [-0.3, -0.25) is 5.41 Å². The number of amidine groups is 1. The Kier molecular flexibility index (Phi) is 3.49. The number of rotatable bonds is 3. The fourth-order valence-electron chi connectivity index (χ4n) is 2.00. The van der Waals surface area contributed by atoms with Crippen molar-refractivity contribution in [1.82, 2.24) is 0 Å². The number of hydrogen-bond donors (Lipinski definition) is 2. The van der Waals surface area contributed by atoms with Crippen LogP contribution in [0.1, 0.15) is 31.2 Å². The highest BCUT2D eigenvalue weighted by molar-refractivity contribution is 9.10. The molecule has 0 heterocycles. The third kappa shape index (κ3) is 2.55. The van der Waals surface area contributed by atoms with Gasteiger partial charge in [0.25, 0.3) is 0 Å². The zero-order valence-electron chi connectivity index (χ0n) is 9.00. The molecular formula is C12H15BrN2O. The molecule has 0 aliphatic heterocycles. The molecule has 0 atom stereocenters. The number of hydrogen-bond acceptors (Lipinski definition) is 2. The van der Waals surface area contributed by atoms with Crippen LogP contribution in [0.25, 0.3) is 0 Å². The summed E-state index contributed by atoms with van der Waals surface area (Å²) in [6.45, 7) is 0. The quantitative estimate of drug-likeness (QED) is 0.661. The Morgan fingerprint density at radius 1 is 1.38 bits per heavy atom. The molecule has 1 fully saturated rings. The Balaban J connectivity index is 2.22. The molecule has 16 heavy (non-hydrogen) atoms. The molecular weight excluding hydrogens is 268 g/mol. The van der Waals surface area contributed by atoms with Crippen LogP contribution in [0.2, 0.25) is 0 Å². The minimum Gasteiger partial charge on any atom is -0.490 e. The molecule has 2 rings (SSSR count). The van der Waals surface area contributed by atoms with Crippen molar-refractivity contribution >= 4 is 21.8 Å². The first-order valence-corrected chi connectivity index (χ1v) is 6.27. The molecule has 86 valence electrons. The zero-order chi connectivity index (χ0) is 11.5. The van der Waals surface area contributed by atoms with Gasteiger partial charge in [-0.05, 0) is 43.9 Å². The van der Waals surface area contributed by atoms with Gasteiger partial charge >= 0.3 is 0 Å². The first-order valence-electron chi connectivity index (χ1n) is 5.47. The van der Waals surface area contributed by atoms with Crippen molar-refractivity contribution in [3.05, 3.63) is 28.2 Å². The standard InChI is InChI=1S/C12H15BrN2O/c13-8-5-6-10(12(14)15)11(7-8)16-9-3-1-2-4-9/h5-7,9H,1-4H2,(H3,14,15). The lowest BCUT2D eigenvalue weighted by Crippen LogP contribution is -2.17. The van der Waals surface area contributed by atoms with Gasteiger partial charge in [-0.25, -0.2) is 0 Å². The summed E-state index contributed by atoms with van der Waals surface area (Å²) in [6.07, 6.45) is 4.95. The maximum atomic E-state index is 7.50. The summed E-state index contributed by atoms with van der Waals surface area (Å²) in [5.41, 5.74) is 6.20. The summed E-state index contributed by atoms with van der Waals surface area (Å²) in [5, 5.41) is 7.50. The Hall–Kier alpha value is -1.03. The van der Waals surface area contributed by atoms with Crippen LogP contribution in [0.5, 0.6) is 5.75 Å². The number of benzene rings is 1. The van der Waals surface area contributed by atoms with Crippen LogP contribution < -0.4 is 10.5 Å². The minimum absolute atomic E-state index is 0.0560. The van der Waals surface area contributed by atoms with E-state index in [1.54, 1.807) is 0 Å². The smallest absolute Gasteiger partial charge is 0.131 e. The second-order valence-corrected chi connectivity index (χ2v) is 4.99. The molecule has 1 saturated carbocycles. The van der Waals surface area contributed by atoms with E-state index < -0.39 is 0 Å². The van der Waals surface area contributed by atoms with E-state index in [0.29, 0.717) is 11.3 Å². The summed E-state index contributed by atoms with van der Waals surface area (Å²) in [7, 11) is 0. The van der Waals surface area contributed by atoms with Gasteiger partial charge in [-0.1, -0.05) is 15.9 Å². The second kappa shape index (κ2) is 4.87. The molecule has 4 heteroatoms. The van der Waals surface area contributed by atoms with E-state index in [1.807, 2.05) is 18.2 Å². The molecule has 3 nitrogen and oxygen atoms in total. The topological polar surface area (TPSA) is 59.1 Å². The highest BCUT2D eigenvalue weighted by atomic mass is 79.9. The lowest BCUT2D eigenvalue weighted by Gasteiger charge is -2.16. The normalized spacial score (nSPS) is 16.3. The maximum Gasteiger partial charge on any atom is 0.131 e. The Labute approximate surface area is 104 Å². The summed E-state index contributed by atoms with van der Waals surface area (Å²) >= 11 is 3.40. The number of nitrogen functional groups attached to an aromatic ring is 1. The molecule has 1 aliphatic rings. The average molecular weight is 283 g/mol. The van der Waals surface area contributed by atoms with E-state index in [9.17, 15) is 0 Å². The van der Waals surface area contributed by atoms with Gasteiger partial charge in [0.1, 0.15) is 11.6 Å². The monoisotopic (exact) mass is 282 g/mol. The highest BCUT2D eigenvalue weighted by Crippen LogP contribution is 2.28. The third-order valence-corrected chi connectivity index (χ3v) is 3.32. The maximum absolute atomic E-state index is 7.50. The van der Waals surface area contributed by atoms with Crippen molar-refractivity contribution in [3.8, 4) is 5.75 Å². The van der Waals surface area contributed by atoms with E-state index in [-0.39, 0.29) is 11.9 Å². The Morgan fingerprint density at radius 3 is 2.69 bits per heavy atom. The third-order valence-electron chi connectivity index (χ3n) is 2.83. The minimum atomic E-state index is 0.0560. The van der Waals surface area contributed by atoms with E-state index >= 15 is 0 Å². The zero-order valence-corrected chi connectivity index (χ0v) is 10.6. The molecule has 0 aromatic heterocycles. The van der Waals surface area contributed by atoms with E-state index in [4.69, 9.17) is 15.9 Å². The van der Waals surface area contributed by atoms with Crippen molar-refractivity contribution in [2.45, 2.75) is 31.8 Å². The highest BCUT2D eigenvalue weighted by Gasteiger charge is 2.18. The van der Waals surface area contributed by atoms with Gasteiger partial charge < -0.3 is 10.5 Å². The molecule has 0 radical (unpaired) electrons. The largest absolute Gasteiger partial charge is 0.490 e. The van der Waals surface area contributed by atoms with Gasteiger partial charge in [0.05, 0.1) is 11.7 Å². The van der Waals surface area contributed by atoms with E-state index in [1.165, 1.54) is 12.8 Å². The number of ether oxygens (including phenoxy) is 1. The lowest BCUT2D eigenvalue weighted by atomic mass is 10.2. The summed E-state index contributed by atoms with van der Waals surface area (Å²) in [6, 6.07) is 5.57. The van der Waals surface area contributed by atoms with Crippen LogP contribution in [0.3, 0.4) is 0 Å². The summed E-state index contributed by atoms with van der Waals surface area (Å²) in [4.78, 5) is 0. The van der Waals surface area contributed by atoms with Gasteiger partial charge in [0, 0.05) is 4.47 Å². The Morgan fingerprint density at radius 2 is 2.06 bits per heavy atom. The molecule has 0 unspecified atom stereocenters. The second-order valence-electron chi connectivity index (χ2n) is 4.08. The number of nitrogens with two attached hydrogens (primary N) is 1. The molecule has 0 bridgehead atoms. The van der Waals surface area contributed by atoms with Crippen molar-refractivity contribution in [3.63, 3.8) is 0 Å². The van der Waals surface area contributed by atoms with Crippen LogP contribution in [-0.2, 0) is 0 Å². The first kappa shape index (κ1) is 11.5. The van der Waals surface area contributed by atoms with Crippen molar-refractivity contribution < 1.29 is 4.74 Å². The number of halogens is 1. The van der Waals surface area contributed by atoms with Gasteiger partial charge in [0.2, 0.25) is 0 Å². The lowest BCUT2D eigenvalue weighted by molar-refractivity contribution is 0.209. The molecule has 0 saturated heterocycles. The van der Waals surface area contributed by atoms with E-state index in [2.05, 4.69) is 15.9 Å². The Bertz CT molecular complexity index is 400. The molecule has 1 aliphatic carbocycles. The summed E-state index contributed by atoms with van der Waals surface area (Å²) < 4.78 is 6.85. The predicted octanol–water partition coefficient (Wildman–Crippen LogP) is 3.05. The molecule has 1 aromatic rings. The molecule has 0 spiro atoms. The molecule has 0 amide bonds.